The van der Waals surface area contributed by atoms with Crippen LogP contribution in [0.4, 0.5) is 0 Å². The Hall–Kier alpha value is -1.30. The quantitative estimate of drug-likeness (QED) is 0.255. The van der Waals surface area contributed by atoms with E-state index in [1.807, 2.05) is 0 Å². The number of hydrogen-bond acceptors (Lipinski definition) is 0. The molecule has 2 unspecified atom stereocenters. The second-order valence-electron chi connectivity index (χ2n) is 10.7. The van der Waals surface area contributed by atoms with E-state index in [2.05, 4.69) is 50.3 Å². The lowest BCUT2D eigenvalue weighted by molar-refractivity contribution is 0.422. The van der Waals surface area contributed by atoms with Crippen molar-refractivity contribution in [2.75, 3.05) is 0 Å². The standard InChI is InChI=1S/C32H50/c1-3-5-7-8-9-10-11-12-14-28-17-21-30(22-18-28)32-25-23-31(24-26-32)29-19-15-27(16-20-29)13-6-4-2/h19,21,23-28H,3-18,20,22H2,1-2H3. The number of allylic oxidation sites excluding steroid dienone is 4. The van der Waals surface area contributed by atoms with E-state index in [9.17, 15) is 0 Å². The van der Waals surface area contributed by atoms with Crippen molar-refractivity contribution in [3.63, 3.8) is 0 Å². The van der Waals surface area contributed by atoms with Crippen LogP contribution in [0.2, 0.25) is 0 Å². The van der Waals surface area contributed by atoms with E-state index in [0.29, 0.717) is 0 Å². The summed E-state index contributed by atoms with van der Waals surface area (Å²) in [5.74, 6) is 1.87. The van der Waals surface area contributed by atoms with E-state index in [4.69, 9.17) is 0 Å². The largest absolute Gasteiger partial charge is 0.0804 e. The van der Waals surface area contributed by atoms with Crippen molar-refractivity contribution in [3.8, 4) is 0 Å². The van der Waals surface area contributed by atoms with Crippen LogP contribution >= 0.6 is 0 Å². The van der Waals surface area contributed by atoms with Gasteiger partial charge >= 0.3 is 0 Å². The molecule has 0 heteroatoms. The third-order valence-electron chi connectivity index (χ3n) is 8.10. The maximum atomic E-state index is 2.56. The van der Waals surface area contributed by atoms with Crippen LogP contribution in [0.1, 0.15) is 141 Å². The third kappa shape index (κ3) is 8.57. The fraction of sp³-hybridized carbons (Fsp3) is 0.688. The number of hydrogen-bond donors (Lipinski definition) is 0. The molecule has 0 radical (unpaired) electrons. The van der Waals surface area contributed by atoms with Crippen LogP contribution in [0.25, 0.3) is 11.1 Å². The fourth-order valence-electron chi connectivity index (χ4n) is 5.78. The molecule has 0 fully saturated rings. The van der Waals surface area contributed by atoms with Crippen LogP contribution in [0.3, 0.4) is 0 Å². The van der Waals surface area contributed by atoms with Gasteiger partial charge in [-0.15, -0.1) is 0 Å². The molecule has 3 rings (SSSR count). The lowest BCUT2D eigenvalue weighted by Crippen LogP contribution is -2.06. The molecule has 1 aromatic carbocycles. The number of benzene rings is 1. The van der Waals surface area contributed by atoms with E-state index >= 15 is 0 Å². The van der Waals surface area contributed by atoms with Crippen LogP contribution in [0.5, 0.6) is 0 Å². The lowest BCUT2D eigenvalue weighted by Gasteiger charge is -2.23. The van der Waals surface area contributed by atoms with E-state index in [1.165, 1.54) is 127 Å². The molecule has 0 heterocycles. The maximum absolute atomic E-state index is 2.56. The maximum Gasteiger partial charge on any atom is -0.0227 e. The van der Waals surface area contributed by atoms with E-state index in [1.54, 1.807) is 11.1 Å². The summed E-state index contributed by atoms with van der Waals surface area (Å²) >= 11 is 0. The van der Waals surface area contributed by atoms with Crippen LogP contribution in [0.15, 0.2) is 36.4 Å². The van der Waals surface area contributed by atoms with Crippen molar-refractivity contribution < 1.29 is 0 Å². The molecule has 2 aliphatic rings. The summed E-state index contributed by atoms with van der Waals surface area (Å²) in [6, 6.07) is 9.57. The van der Waals surface area contributed by atoms with Crippen LogP contribution in [-0.2, 0) is 0 Å². The monoisotopic (exact) mass is 434 g/mol. The highest BCUT2D eigenvalue weighted by Crippen LogP contribution is 2.35. The first-order valence-electron chi connectivity index (χ1n) is 14.3. The summed E-state index contributed by atoms with van der Waals surface area (Å²) in [6.45, 7) is 4.61. The Bertz CT molecular complexity index is 689. The van der Waals surface area contributed by atoms with Gasteiger partial charge in [0.05, 0.1) is 0 Å². The van der Waals surface area contributed by atoms with Gasteiger partial charge in [-0.3, -0.25) is 0 Å². The highest BCUT2D eigenvalue weighted by atomic mass is 14.2. The Morgan fingerprint density at radius 1 is 0.562 bits per heavy atom. The van der Waals surface area contributed by atoms with Crippen LogP contribution in [0, 0.1) is 11.8 Å². The second-order valence-corrected chi connectivity index (χ2v) is 10.7. The molecule has 2 aliphatic carbocycles. The minimum absolute atomic E-state index is 0.934. The van der Waals surface area contributed by atoms with Crippen LogP contribution in [-0.4, -0.2) is 0 Å². The highest BCUT2D eigenvalue weighted by Gasteiger charge is 2.17. The predicted octanol–water partition coefficient (Wildman–Crippen LogP) is 10.8. The molecule has 178 valence electrons. The Kier molecular flexibility index (Phi) is 11.7. The van der Waals surface area contributed by atoms with Crippen molar-refractivity contribution in [3.05, 3.63) is 47.5 Å². The van der Waals surface area contributed by atoms with E-state index in [0.717, 1.165) is 11.8 Å². The average Bonchev–Trinajstić information content (AvgIpc) is 2.85. The number of rotatable bonds is 14. The fourth-order valence-corrected chi connectivity index (χ4v) is 5.78. The second kappa shape index (κ2) is 14.8. The Labute approximate surface area is 200 Å². The Morgan fingerprint density at radius 2 is 1.00 bits per heavy atom. The molecule has 0 saturated carbocycles. The third-order valence-corrected chi connectivity index (χ3v) is 8.10. The van der Waals surface area contributed by atoms with Gasteiger partial charge < -0.3 is 0 Å². The molecule has 1 aromatic rings. The predicted molar refractivity (Wildman–Crippen MR) is 144 cm³/mol. The van der Waals surface area contributed by atoms with E-state index in [-0.39, 0.29) is 0 Å². The first kappa shape index (κ1) is 25.3. The van der Waals surface area contributed by atoms with Gasteiger partial charge in [-0.05, 0) is 72.6 Å². The normalized spacial score (nSPS) is 21.3. The van der Waals surface area contributed by atoms with Gasteiger partial charge in [0.2, 0.25) is 0 Å². The highest BCUT2D eigenvalue weighted by molar-refractivity contribution is 5.71. The molecule has 0 N–H and O–H groups in total. The van der Waals surface area contributed by atoms with Crippen molar-refractivity contribution in [2.45, 2.75) is 129 Å². The van der Waals surface area contributed by atoms with Crippen molar-refractivity contribution in [1.29, 1.82) is 0 Å². The van der Waals surface area contributed by atoms with Gasteiger partial charge in [-0.2, -0.15) is 0 Å². The van der Waals surface area contributed by atoms with Crippen LogP contribution < -0.4 is 0 Å². The van der Waals surface area contributed by atoms with Crippen molar-refractivity contribution >= 4 is 11.1 Å². The van der Waals surface area contributed by atoms with Gasteiger partial charge in [0, 0.05) is 0 Å². The van der Waals surface area contributed by atoms with Gasteiger partial charge in [0.25, 0.3) is 0 Å². The average molecular weight is 435 g/mol. The molecular weight excluding hydrogens is 384 g/mol. The summed E-state index contributed by atoms with van der Waals surface area (Å²) in [5.41, 5.74) is 6.12. The zero-order valence-electron chi connectivity index (χ0n) is 21.3. The minimum Gasteiger partial charge on any atom is -0.0804 e. The zero-order chi connectivity index (χ0) is 22.4. The summed E-state index contributed by atoms with van der Waals surface area (Å²) in [7, 11) is 0. The van der Waals surface area contributed by atoms with E-state index < -0.39 is 0 Å². The molecule has 0 nitrogen and oxygen atoms in total. The van der Waals surface area contributed by atoms with Gasteiger partial charge in [0.15, 0.2) is 0 Å². The molecule has 0 aromatic heterocycles. The first-order valence-corrected chi connectivity index (χ1v) is 14.3. The summed E-state index contributed by atoms with van der Waals surface area (Å²) in [4.78, 5) is 0. The van der Waals surface area contributed by atoms with Gasteiger partial charge in [-0.25, -0.2) is 0 Å². The molecule has 0 spiro atoms. The molecule has 0 bridgehead atoms. The Morgan fingerprint density at radius 3 is 1.44 bits per heavy atom. The van der Waals surface area contributed by atoms with Gasteiger partial charge in [0.1, 0.15) is 0 Å². The lowest BCUT2D eigenvalue weighted by atomic mass is 9.82. The molecular formula is C32H50. The molecule has 32 heavy (non-hydrogen) atoms. The van der Waals surface area contributed by atoms with Gasteiger partial charge in [-0.1, -0.05) is 127 Å². The Balaban J connectivity index is 1.37. The zero-order valence-corrected chi connectivity index (χ0v) is 21.3. The minimum atomic E-state index is 0.934. The van der Waals surface area contributed by atoms with Crippen molar-refractivity contribution in [2.24, 2.45) is 11.8 Å². The molecule has 2 atom stereocenters. The first-order chi connectivity index (χ1) is 15.8. The smallest absolute Gasteiger partial charge is 0.0227 e. The summed E-state index contributed by atoms with van der Waals surface area (Å²) < 4.78 is 0. The van der Waals surface area contributed by atoms with Crippen molar-refractivity contribution in [1.82, 2.24) is 0 Å². The SMILES string of the molecule is CCCCCCCCCCC1CC=C(c2ccc(C3=CCC(CCCC)CC3)cc2)CC1. The molecule has 0 saturated heterocycles. The molecule has 0 amide bonds. The number of unbranched alkanes of at least 4 members (excludes halogenated alkanes) is 8. The summed E-state index contributed by atoms with van der Waals surface area (Å²) in [5, 5.41) is 0. The summed E-state index contributed by atoms with van der Waals surface area (Å²) in [6.07, 6.45) is 30.2. The topological polar surface area (TPSA) is 0 Å². The molecule has 0 aliphatic heterocycles.